The van der Waals surface area contributed by atoms with Crippen LogP contribution in [0.25, 0.3) is 0 Å². The normalized spacial score (nSPS) is 9.69. The van der Waals surface area contributed by atoms with Crippen molar-refractivity contribution in [3.63, 3.8) is 0 Å². The van der Waals surface area contributed by atoms with Crippen LogP contribution in [-0.2, 0) is 4.74 Å². The first-order chi connectivity index (χ1) is 6.19. The van der Waals surface area contributed by atoms with Gasteiger partial charge in [-0.25, -0.2) is 4.79 Å². The summed E-state index contributed by atoms with van der Waals surface area (Å²) in [7, 11) is 1.25. The second-order valence-corrected chi connectivity index (χ2v) is 2.52. The van der Waals surface area contributed by atoms with Gasteiger partial charge in [-0.1, -0.05) is 0 Å². The van der Waals surface area contributed by atoms with Gasteiger partial charge in [-0.05, 0) is 0 Å². The van der Waals surface area contributed by atoms with Crippen molar-refractivity contribution in [3.05, 3.63) is 23.7 Å². The zero-order chi connectivity index (χ0) is 9.84. The maximum atomic E-state index is 11.0. The van der Waals surface area contributed by atoms with E-state index >= 15 is 0 Å². The van der Waals surface area contributed by atoms with Crippen LogP contribution in [0.1, 0.15) is 20.9 Å². The van der Waals surface area contributed by atoms with Crippen LogP contribution in [0.2, 0.25) is 0 Å². The van der Waals surface area contributed by atoms with Gasteiger partial charge in [-0.3, -0.25) is 4.79 Å². The van der Waals surface area contributed by atoms with E-state index < -0.39 is 5.97 Å². The van der Waals surface area contributed by atoms with E-state index in [1.54, 1.807) is 0 Å². The lowest BCUT2D eigenvalue weighted by Gasteiger charge is -1.90. The fourth-order valence-electron chi connectivity index (χ4n) is 0.773. The summed E-state index contributed by atoms with van der Waals surface area (Å²) < 4.78 is 9.23. The predicted molar refractivity (Wildman–Crippen MR) is 45.1 cm³/mol. The highest BCUT2D eigenvalue weighted by Crippen LogP contribution is 2.10. The van der Waals surface area contributed by atoms with Crippen LogP contribution in [-0.4, -0.2) is 24.7 Å². The van der Waals surface area contributed by atoms with Crippen molar-refractivity contribution in [3.8, 4) is 0 Å². The fourth-order valence-corrected chi connectivity index (χ4v) is 0.905. The molecule has 1 heterocycles. The zero-order valence-corrected chi connectivity index (χ0v) is 7.63. The number of carbonyl (C=O) groups excluding carboxylic acids is 2. The Labute approximate surface area is 79.4 Å². The van der Waals surface area contributed by atoms with E-state index in [1.807, 2.05) is 0 Å². The average molecular weight is 203 g/mol. The van der Waals surface area contributed by atoms with Gasteiger partial charge in [0.15, 0.2) is 5.76 Å². The van der Waals surface area contributed by atoms with Crippen LogP contribution in [0, 0.1) is 0 Å². The summed E-state index contributed by atoms with van der Waals surface area (Å²) in [5.74, 6) is -1.02. The summed E-state index contributed by atoms with van der Waals surface area (Å²) in [6.45, 7) is 0. The Hall–Kier alpha value is -1.29. The van der Waals surface area contributed by atoms with E-state index in [-0.39, 0.29) is 23.0 Å². The van der Waals surface area contributed by atoms with Crippen molar-refractivity contribution in [2.24, 2.45) is 0 Å². The summed E-state index contributed by atoms with van der Waals surface area (Å²) in [5.41, 5.74) is 0.205. The van der Waals surface area contributed by atoms with Crippen molar-refractivity contribution >= 4 is 23.4 Å². The highest BCUT2D eigenvalue weighted by molar-refractivity contribution is 6.30. The maximum absolute atomic E-state index is 11.0. The molecule has 5 heteroatoms. The number of ketones is 1. The number of furan rings is 1. The lowest BCUT2D eigenvalue weighted by molar-refractivity contribution is 0.0600. The Morgan fingerprint density at radius 2 is 2.31 bits per heavy atom. The third-order valence-corrected chi connectivity index (χ3v) is 1.66. The highest BCUT2D eigenvalue weighted by atomic mass is 35.5. The Balaban J connectivity index is 2.86. The molecule has 0 aliphatic carbocycles. The van der Waals surface area contributed by atoms with Crippen molar-refractivity contribution in [2.45, 2.75) is 0 Å². The number of hydrogen-bond acceptors (Lipinski definition) is 4. The molecule has 70 valence electrons. The van der Waals surface area contributed by atoms with Crippen molar-refractivity contribution in [1.29, 1.82) is 0 Å². The predicted octanol–water partition coefficient (Wildman–Crippen LogP) is 1.49. The molecule has 0 bridgehead atoms. The number of methoxy groups -OCH3 is 1. The second-order valence-electron chi connectivity index (χ2n) is 2.25. The number of halogens is 1. The van der Waals surface area contributed by atoms with Crippen LogP contribution in [0.3, 0.4) is 0 Å². The number of rotatable bonds is 3. The monoisotopic (exact) mass is 202 g/mol. The lowest BCUT2D eigenvalue weighted by Crippen LogP contribution is -2.00. The molecule has 13 heavy (non-hydrogen) atoms. The quantitative estimate of drug-likeness (QED) is 0.423. The maximum Gasteiger partial charge on any atom is 0.341 e. The first-order valence-corrected chi connectivity index (χ1v) is 3.98. The van der Waals surface area contributed by atoms with Crippen molar-refractivity contribution in [2.75, 3.05) is 13.0 Å². The number of hydrogen-bond donors (Lipinski definition) is 0. The third kappa shape index (κ3) is 2.09. The van der Waals surface area contributed by atoms with E-state index in [1.165, 1.54) is 13.2 Å². The van der Waals surface area contributed by atoms with Crippen molar-refractivity contribution in [1.82, 2.24) is 0 Å². The first-order valence-electron chi connectivity index (χ1n) is 3.45. The molecule has 0 aliphatic heterocycles. The molecule has 4 nitrogen and oxygen atoms in total. The van der Waals surface area contributed by atoms with E-state index in [0.29, 0.717) is 0 Å². The van der Waals surface area contributed by atoms with Crippen LogP contribution in [0.5, 0.6) is 0 Å². The summed E-state index contributed by atoms with van der Waals surface area (Å²) in [6.07, 6.45) is 1.16. The number of carbonyl (C=O) groups is 2. The van der Waals surface area contributed by atoms with Gasteiger partial charge in [0, 0.05) is 6.07 Å². The molecule has 1 aromatic heterocycles. The van der Waals surface area contributed by atoms with Gasteiger partial charge in [-0.2, -0.15) is 0 Å². The van der Waals surface area contributed by atoms with E-state index in [2.05, 4.69) is 4.74 Å². The fraction of sp³-hybridized carbons (Fsp3) is 0.250. The largest absolute Gasteiger partial charge is 0.465 e. The minimum Gasteiger partial charge on any atom is -0.465 e. The van der Waals surface area contributed by atoms with Gasteiger partial charge in [0.25, 0.3) is 0 Å². The van der Waals surface area contributed by atoms with Gasteiger partial charge in [0.05, 0.1) is 18.6 Å². The number of Topliss-reactive ketones (excluding diaryl/α,β-unsaturated/α-hetero) is 1. The summed E-state index contributed by atoms with van der Waals surface area (Å²) in [6, 6.07) is 1.30. The topological polar surface area (TPSA) is 56.5 Å². The molecule has 0 radical (unpaired) electrons. The average Bonchev–Trinajstić information content (AvgIpc) is 2.64. The molecule has 0 saturated carbocycles. The molecule has 0 aromatic carbocycles. The van der Waals surface area contributed by atoms with E-state index in [4.69, 9.17) is 16.0 Å². The lowest BCUT2D eigenvalue weighted by atomic mass is 10.3. The van der Waals surface area contributed by atoms with Gasteiger partial charge in [-0.15, -0.1) is 11.6 Å². The molecule has 0 amide bonds. The van der Waals surface area contributed by atoms with Gasteiger partial charge >= 0.3 is 5.97 Å². The summed E-state index contributed by atoms with van der Waals surface area (Å²) in [4.78, 5) is 21.9. The van der Waals surface area contributed by atoms with Crippen molar-refractivity contribution < 1.29 is 18.7 Å². The Morgan fingerprint density at radius 1 is 1.62 bits per heavy atom. The molecule has 0 atom stereocenters. The molecule has 1 rings (SSSR count). The summed E-state index contributed by atoms with van der Waals surface area (Å²) >= 11 is 5.28. The Bertz CT molecular complexity index is 298. The number of alkyl halides is 1. The first kappa shape index (κ1) is 9.80. The van der Waals surface area contributed by atoms with Gasteiger partial charge < -0.3 is 9.15 Å². The van der Waals surface area contributed by atoms with Crippen LogP contribution in [0.15, 0.2) is 16.7 Å². The SMILES string of the molecule is COC(=O)c1coc(C(=O)CCl)c1. The minimum absolute atomic E-state index is 0.0652. The highest BCUT2D eigenvalue weighted by Gasteiger charge is 2.14. The third-order valence-electron chi connectivity index (χ3n) is 1.42. The number of esters is 1. The molecule has 0 saturated heterocycles. The molecular formula is C8H7ClO4. The van der Waals surface area contributed by atoms with E-state index in [9.17, 15) is 9.59 Å². The Kier molecular flexibility index (Phi) is 3.08. The minimum atomic E-state index is -0.544. The number of ether oxygens (including phenoxy) is 1. The van der Waals surface area contributed by atoms with Gasteiger partial charge in [0.2, 0.25) is 5.78 Å². The standard InChI is InChI=1S/C8H7ClO4/c1-12-8(11)5-2-7(13-4-5)6(10)3-9/h2,4H,3H2,1H3. The zero-order valence-electron chi connectivity index (χ0n) is 6.87. The molecule has 0 fully saturated rings. The molecule has 0 N–H and O–H groups in total. The van der Waals surface area contributed by atoms with Crippen LogP contribution < -0.4 is 0 Å². The van der Waals surface area contributed by atoms with Crippen LogP contribution in [0.4, 0.5) is 0 Å². The molecule has 0 unspecified atom stereocenters. The van der Waals surface area contributed by atoms with E-state index in [0.717, 1.165) is 6.26 Å². The van der Waals surface area contributed by atoms with Gasteiger partial charge in [0.1, 0.15) is 6.26 Å². The molecule has 1 aromatic rings. The molecule has 0 spiro atoms. The summed E-state index contributed by atoms with van der Waals surface area (Å²) in [5, 5.41) is 0. The van der Waals surface area contributed by atoms with Crippen LogP contribution >= 0.6 is 11.6 Å². The molecule has 0 aliphatic rings. The molecular weight excluding hydrogens is 196 g/mol. The smallest absolute Gasteiger partial charge is 0.341 e. The Morgan fingerprint density at radius 3 is 2.85 bits per heavy atom. The second kappa shape index (κ2) is 4.09.